The van der Waals surface area contributed by atoms with Gasteiger partial charge in [-0.3, -0.25) is 0 Å². The molecule has 0 amide bonds. The minimum atomic E-state index is 0. The van der Waals surface area contributed by atoms with E-state index in [-0.39, 0.29) is 17.0 Å². The Bertz CT molecular complexity index is 1770. The van der Waals surface area contributed by atoms with Gasteiger partial charge in [0.1, 0.15) is 11.0 Å². The van der Waals surface area contributed by atoms with Gasteiger partial charge in [0.15, 0.2) is 18.9 Å². The van der Waals surface area contributed by atoms with Crippen LogP contribution in [-0.4, -0.2) is 40.9 Å². The summed E-state index contributed by atoms with van der Waals surface area (Å²) in [5, 5.41) is 0. The molecule has 5 nitrogen and oxygen atoms in total. The van der Waals surface area contributed by atoms with Crippen molar-refractivity contribution in [3.05, 3.63) is 133 Å². The molecule has 222 valence electrons. The second kappa shape index (κ2) is 14.1. The first-order chi connectivity index (χ1) is 20.9. The second-order valence-electron chi connectivity index (χ2n) is 11.8. The number of rotatable bonds is 10. The smallest absolute Gasteiger partial charge is 0.169 e. The highest BCUT2D eigenvalue weighted by Gasteiger charge is 2.15. The van der Waals surface area contributed by atoms with Crippen LogP contribution in [0.2, 0.25) is 0 Å². The molecule has 0 bridgehead atoms. The Labute approximate surface area is 275 Å². The summed E-state index contributed by atoms with van der Waals surface area (Å²) in [6.07, 6.45) is 9.79. The first-order valence-electron chi connectivity index (χ1n) is 14.7. The average Bonchev–Trinajstić information content (AvgIpc) is 3.52. The number of fused-ring (bicyclic) bond motifs is 1. The number of benzene rings is 4. The van der Waals surface area contributed by atoms with Gasteiger partial charge in [0.2, 0.25) is 0 Å². The van der Waals surface area contributed by atoms with Crippen LogP contribution < -0.4 is 9.47 Å². The van der Waals surface area contributed by atoms with Crippen LogP contribution in [0.3, 0.4) is 0 Å². The Morgan fingerprint density at radius 3 is 1.89 bits per heavy atom. The number of halogens is 1. The summed E-state index contributed by atoms with van der Waals surface area (Å²) in [4.78, 5) is 2.27. The van der Waals surface area contributed by atoms with Gasteiger partial charge in [-0.25, -0.2) is 4.57 Å². The number of hydrogen-bond donors (Lipinski definition) is 0. The minimum absolute atomic E-state index is 0. The number of hydrogen-bond acceptors (Lipinski definition) is 4. The molecule has 0 aliphatic carbocycles. The molecule has 0 radical (unpaired) electrons. The summed E-state index contributed by atoms with van der Waals surface area (Å²) in [5.41, 5.74) is 9.67. The lowest BCUT2D eigenvalue weighted by atomic mass is 10.0. The highest BCUT2D eigenvalue weighted by molar-refractivity contribution is 8.93. The van der Waals surface area contributed by atoms with Crippen LogP contribution in [0.1, 0.15) is 17.5 Å². The zero-order valence-electron chi connectivity index (χ0n) is 25.4. The molecule has 0 spiro atoms. The summed E-state index contributed by atoms with van der Waals surface area (Å²) < 4.78 is 12.6. The fraction of sp³-hybridized carbons (Fsp3) is 0.162. The van der Waals surface area contributed by atoms with Crippen molar-refractivity contribution in [3.63, 3.8) is 0 Å². The van der Waals surface area contributed by atoms with Gasteiger partial charge in [-0.15, -0.1) is 17.0 Å². The molecule has 0 aliphatic heterocycles. The molecule has 44 heavy (non-hydrogen) atoms. The lowest BCUT2D eigenvalue weighted by molar-refractivity contribution is -0.873. The standard InChI is InChI=1S/C37H37N5S.BrH/c1-42(2,3)28-10-25-40-26-23-29(24-27-40)15-16-31-19-22-35(37-36(31)38-43-39-37)30-17-20-34(21-18-30)41(32-11-6-4-7-12-32)33-13-8-5-9-14-33;/h4-9,11-24,26-27H,10,25,28H2,1-3H3;1H/q+2;. The van der Waals surface area contributed by atoms with Crippen LogP contribution in [0.5, 0.6) is 0 Å². The van der Waals surface area contributed by atoms with Crippen LogP contribution in [0.15, 0.2) is 122 Å². The van der Waals surface area contributed by atoms with Crippen molar-refractivity contribution in [1.29, 1.82) is 0 Å². The predicted octanol–water partition coefficient (Wildman–Crippen LogP) is 8.96. The molecule has 7 heteroatoms. The third-order valence-corrected chi connectivity index (χ3v) is 8.06. The Kier molecular flexibility index (Phi) is 10.0. The van der Waals surface area contributed by atoms with Gasteiger partial charge < -0.3 is 9.38 Å². The van der Waals surface area contributed by atoms with E-state index in [1.807, 2.05) is 12.1 Å². The van der Waals surface area contributed by atoms with E-state index in [4.69, 9.17) is 4.37 Å². The maximum absolute atomic E-state index is 4.70. The largest absolute Gasteiger partial charge is 0.331 e. The Hall–Kier alpha value is -4.17. The van der Waals surface area contributed by atoms with Gasteiger partial charge in [0.05, 0.1) is 45.8 Å². The van der Waals surface area contributed by atoms with Gasteiger partial charge >= 0.3 is 0 Å². The van der Waals surface area contributed by atoms with Gasteiger partial charge in [0.25, 0.3) is 0 Å². The average molecular weight is 665 g/mol. The molecule has 0 atom stereocenters. The highest BCUT2D eigenvalue weighted by atomic mass is 79.9. The molecular weight excluding hydrogens is 626 g/mol. The van der Waals surface area contributed by atoms with E-state index < -0.39 is 0 Å². The van der Waals surface area contributed by atoms with Crippen molar-refractivity contribution < 1.29 is 9.05 Å². The third kappa shape index (κ3) is 7.48. The topological polar surface area (TPSA) is 32.9 Å². The molecular formula is C37H38BrN5S+2. The lowest BCUT2D eigenvalue weighted by Crippen LogP contribution is -2.39. The molecule has 2 aromatic heterocycles. The fourth-order valence-corrected chi connectivity index (χ4v) is 5.87. The Morgan fingerprint density at radius 2 is 1.27 bits per heavy atom. The van der Waals surface area contributed by atoms with E-state index in [9.17, 15) is 0 Å². The van der Waals surface area contributed by atoms with Gasteiger partial charge in [-0.05, 0) is 47.5 Å². The van der Waals surface area contributed by atoms with Crippen molar-refractivity contribution in [2.45, 2.75) is 13.0 Å². The van der Waals surface area contributed by atoms with Crippen molar-refractivity contribution in [1.82, 2.24) is 8.75 Å². The summed E-state index contributed by atoms with van der Waals surface area (Å²) in [6, 6.07) is 38.3. The van der Waals surface area contributed by atoms with Crippen LogP contribution >= 0.6 is 28.7 Å². The summed E-state index contributed by atoms with van der Waals surface area (Å²) >= 11 is 1.26. The quantitative estimate of drug-likeness (QED) is 0.108. The molecule has 0 saturated heterocycles. The first kappa shape index (κ1) is 31.3. The van der Waals surface area contributed by atoms with Crippen LogP contribution in [0.25, 0.3) is 34.3 Å². The lowest BCUT2D eigenvalue weighted by Gasteiger charge is -2.25. The molecule has 0 saturated carbocycles. The molecule has 4 aromatic carbocycles. The maximum Gasteiger partial charge on any atom is 0.169 e. The van der Waals surface area contributed by atoms with Crippen LogP contribution in [-0.2, 0) is 6.54 Å². The molecule has 2 heterocycles. The van der Waals surface area contributed by atoms with E-state index >= 15 is 0 Å². The van der Waals surface area contributed by atoms with E-state index in [0.29, 0.717) is 0 Å². The number of quaternary nitrogens is 1. The molecule has 6 rings (SSSR count). The molecule has 6 aromatic rings. The van der Waals surface area contributed by atoms with Crippen LogP contribution in [0, 0.1) is 0 Å². The SMILES string of the molecule is Br.C[N+](C)(C)CCC[n+]1ccc(/C=C/c2ccc(-c3ccc(N(c4ccccc4)c4ccccc4)cc3)c3nsnc23)cc1. The van der Waals surface area contributed by atoms with E-state index in [1.54, 1.807) is 0 Å². The highest BCUT2D eigenvalue weighted by Crippen LogP contribution is 2.36. The predicted molar refractivity (Wildman–Crippen MR) is 191 cm³/mol. The number of aryl methyl sites for hydroxylation is 1. The van der Waals surface area contributed by atoms with Crippen LogP contribution in [0.4, 0.5) is 17.1 Å². The van der Waals surface area contributed by atoms with E-state index in [2.05, 4.69) is 157 Å². The van der Waals surface area contributed by atoms with Gasteiger partial charge in [-0.1, -0.05) is 72.8 Å². The molecule has 0 unspecified atom stereocenters. The zero-order chi connectivity index (χ0) is 29.6. The Balaban J connectivity index is 0.00000384. The van der Waals surface area contributed by atoms with E-state index in [0.717, 1.165) is 68.8 Å². The summed E-state index contributed by atoms with van der Waals surface area (Å²) in [7, 11) is 6.71. The van der Waals surface area contributed by atoms with Gasteiger partial charge in [-0.2, -0.15) is 8.75 Å². The minimum Gasteiger partial charge on any atom is -0.331 e. The number of anilines is 3. The number of para-hydroxylation sites is 2. The normalized spacial score (nSPS) is 11.5. The zero-order valence-corrected chi connectivity index (χ0v) is 27.9. The molecule has 0 N–H and O–H groups in total. The van der Waals surface area contributed by atoms with Gasteiger partial charge in [0, 0.05) is 40.3 Å². The second-order valence-corrected chi connectivity index (χ2v) is 12.3. The number of aromatic nitrogens is 3. The molecule has 0 aliphatic rings. The van der Waals surface area contributed by atoms with Crippen molar-refractivity contribution in [3.8, 4) is 11.1 Å². The van der Waals surface area contributed by atoms with E-state index in [1.165, 1.54) is 17.3 Å². The Morgan fingerprint density at radius 1 is 0.682 bits per heavy atom. The maximum atomic E-state index is 4.70. The summed E-state index contributed by atoms with van der Waals surface area (Å²) in [5.74, 6) is 0. The van der Waals surface area contributed by atoms with Crippen molar-refractivity contribution in [2.75, 3.05) is 32.6 Å². The monoisotopic (exact) mass is 663 g/mol. The number of pyridine rings is 1. The molecule has 0 fully saturated rings. The van der Waals surface area contributed by atoms with Crippen molar-refractivity contribution >= 4 is 69.0 Å². The third-order valence-electron chi connectivity index (χ3n) is 7.53. The van der Waals surface area contributed by atoms with Crippen molar-refractivity contribution in [2.24, 2.45) is 0 Å². The number of nitrogens with zero attached hydrogens (tertiary/aromatic N) is 5. The summed E-state index contributed by atoms with van der Waals surface area (Å²) in [6.45, 7) is 2.19. The first-order valence-corrected chi connectivity index (χ1v) is 15.4. The fourth-order valence-electron chi connectivity index (χ4n) is 5.29.